The summed E-state index contributed by atoms with van der Waals surface area (Å²) in [4.78, 5) is 11.3. The van der Waals surface area contributed by atoms with Crippen LogP contribution in [0.3, 0.4) is 0 Å². The predicted molar refractivity (Wildman–Crippen MR) is 97.0 cm³/mol. The average molecular weight is 339 g/mol. The maximum atomic E-state index is 6.33. The second-order valence-electron chi connectivity index (χ2n) is 6.12. The van der Waals surface area contributed by atoms with Crippen LogP contribution in [0.2, 0.25) is 5.02 Å². The molecule has 2 aromatic heterocycles. The Kier molecular flexibility index (Phi) is 4.43. The number of fused-ring (bicyclic) bond motifs is 1. The summed E-state index contributed by atoms with van der Waals surface area (Å²) in [7, 11) is 0. The Bertz CT molecular complexity index is 837. The van der Waals surface area contributed by atoms with Crippen molar-refractivity contribution in [3.05, 3.63) is 71.1 Å². The number of pyridine rings is 2. The summed E-state index contributed by atoms with van der Waals surface area (Å²) < 4.78 is 0. The fourth-order valence-corrected chi connectivity index (χ4v) is 3.65. The van der Waals surface area contributed by atoms with Crippen LogP contribution >= 0.6 is 11.6 Å². The molecule has 0 amide bonds. The van der Waals surface area contributed by atoms with E-state index < -0.39 is 0 Å². The maximum absolute atomic E-state index is 6.33. The van der Waals surface area contributed by atoms with Crippen LogP contribution in [0.4, 0.5) is 0 Å². The van der Waals surface area contributed by atoms with Crippen LogP contribution in [0.1, 0.15) is 17.2 Å². The molecule has 1 aliphatic rings. The van der Waals surface area contributed by atoms with E-state index in [1.54, 1.807) is 0 Å². The summed E-state index contributed by atoms with van der Waals surface area (Å²) in [6.07, 6.45) is 5.62. The van der Waals surface area contributed by atoms with Crippen LogP contribution in [-0.2, 0) is 6.54 Å². The number of piperazine rings is 1. The van der Waals surface area contributed by atoms with E-state index in [-0.39, 0.29) is 0 Å². The summed E-state index contributed by atoms with van der Waals surface area (Å²) in [6.45, 7) is 3.73. The molecule has 0 radical (unpaired) electrons. The highest BCUT2D eigenvalue weighted by molar-refractivity contribution is 6.31. The van der Waals surface area contributed by atoms with Crippen LogP contribution < -0.4 is 5.32 Å². The smallest absolute Gasteiger partial charge is 0.0747 e. The molecule has 1 unspecified atom stereocenters. The lowest BCUT2D eigenvalue weighted by molar-refractivity contribution is 0.154. The van der Waals surface area contributed by atoms with Gasteiger partial charge in [0, 0.05) is 61.2 Å². The largest absolute Gasteiger partial charge is 0.314 e. The monoisotopic (exact) mass is 338 g/mol. The van der Waals surface area contributed by atoms with Gasteiger partial charge in [0.2, 0.25) is 0 Å². The molecular formula is C19H19ClN4. The lowest BCUT2D eigenvalue weighted by atomic mass is 10.0. The van der Waals surface area contributed by atoms with Crippen molar-refractivity contribution in [1.82, 2.24) is 20.2 Å². The van der Waals surface area contributed by atoms with Crippen molar-refractivity contribution in [3.63, 3.8) is 0 Å². The van der Waals surface area contributed by atoms with Crippen molar-refractivity contribution in [2.24, 2.45) is 0 Å². The van der Waals surface area contributed by atoms with E-state index in [2.05, 4.69) is 32.3 Å². The molecule has 5 heteroatoms. The molecule has 4 rings (SSSR count). The van der Waals surface area contributed by atoms with Gasteiger partial charge in [0.05, 0.1) is 5.52 Å². The van der Waals surface area contributed by atoms with Crippen molar-refractivity contribution < 1.29 is 0 Å². The van der Waals surface area contributed by atoms with Gasteiger partial charge in [-0.3, -0.25) is 14.9 Å². The van der Waals surface area contributed by atoms with Gasteiger partial charge in [0.15, 0.2) is 0 Å². The molecule has 1 fully saturated rings. The number of hydrogen-bond acceptors (Lipinski definition) is 4. The SMILES string of the molecule is Clc1cc(CN2CCNCC2c2cccnc2)c2ncccc2c1. The fraction of sp³-hybridized carbons (Fsp3) is 0.263. The molecular weight excluding hydrogens is 320 g/mol. The lowest BCUT2D eigenvalue weighted by Crippen LogP contribution is -2.45. The van der Waals surface area contributed by atoms with Crippen LogP contribution in [0.5, 0.6) is 0 Å². The number of hydrogen-bond donors (Lipinski definition) is 1. The summed E-state index contributed by atoms with van der Waals surface area (Å²) in [5.41, 5.74) is 3.45. The molecule has 0 bridgehead atoms. The van der Waals surface area contributed by atoms with E-state index in [9.17, 15) is 0 Å². The number of benzene rings is 1. The van der Waals surface area contributed by atoms with E-state index in [1.165, 1.54) is 11.1 Å². The van der Waals surface area contributed by atoms with Crippen LogP contribution in [0, 0.1) is 0 Å². The van der Waals surface area contributed by atoms with Gasteiger partial charge in [-0.15, -0.1) is 0 Å². The molecule has 1 aliphatic heterocycles. The first-order chi connectivity index (χ1) is 11.8. The highest BCUT2D eigenvalue weighted by Crippen LogP contribution is 2.28. The third kappa shape index (κ3) is 3.13. The minimum Gasteiger partial charge on any atom is -0.314 e. The third-order valence-corrected chi connectivity index (χ3v) is 4.76. The van der Waals surface area contributed by atoms with Crippen molar-refractivity contribution in [3.8, 4) is 0 Å². The molecule has 1 saturated heterocycles. The zero-order chi connectivity index (χ0) is 16.4. The normalized spacial score (nSPS) is 18.8. The highest BCUT2D eigenvalue weighted by Gasteiger charge is 2.24. The van der Waals surface area contributed by atoms with Crippen LogP contribution in [0.25, 0.3) is 10.9 Å². The Morgan fingerprint density at radius 2 is 2.12 bits per heavy atom. The first kappa shape index (κ1) is 15.5. The number of aromatic nitrogens is 2. The molecule has 4 nitrogen and oxygen atoms in total. The first-order valence-corrected chi connectivity index (χ1v) is 8.57. The van der Waals surface area contributed by atoms with E-state index >= 15 is 0 Å². The molecule has 0 spiro atoms. The molecule has 122 valence electrons. The van der Waals surface area contributed by atoms with Crippen molar-refractivity contribution in [1.29, 1.82) is 0 Å². The lowest BCUT2D eigenvalue weighted by Gasteiger charge is -2.36. The molecule has 0 saturated carbocycles. The van der Waals surface area contributed by atoms with Gasteiger partial charge in [-0.2, -0.15) is 0 Å². The van der Waals surface area contributed by atoms with Crippen LogP contribution in [-0.4, -0.2) is 34.5 Å². The Hall–Kier alpha value is -2.01. The number of halogens is 1. The van der Waals surface area contributed by atoms with Gasteiger partial charge in [0.1, 0.15) is 0 Å². The second-order valence-corrected chi connectivity index (χ2v) is 6.55. The summed E-state index contributed by atoms with van der Waals surface area (Å²) >= 11 is 6.33. The minimum atomic E-state index is 0.310. The maximum Gasteiger partial charge on any atom is 0.0747 e. The Morgan fingerprint density at radius 3 is 3.00 bits per heavy atom. The fourth-order valence-electron chi connectivity index (χ4n) is 3.40. The minimum absolute atomic E-state index is 0.310. The third-order valence-electron chi connectivity index (χ3n) is 4.55. The second kappa shape index (κ2) is 6.85. The van der Waals surface area contributed by atoms with Gasteiger partial charge in [-0.25, -0.2) is 0 Å². The van der Waals surface area contributed by atoms with Crippen molar-refractivity contribution in [2.75, 3.05) is 19.6 Å². The molecule has 24 heavy (non-hydrogen) atoms. The Morgan fingerprint density at radius 1 is 1.21 bits per heavy atom. The van der Waals surface area contributed by atoms with Gasteiger partial charge in [-0.1, -0.05) is 23.7 Å². The highest BCUT2D eigenvalue weighted by atomic mass is 35.5. The molecule has 1 N–H and O–H groups in total. The number of rotatable bonds is 3. The van der Waals surface area contributed by atoms with Gasteiger partial charge < -0.3 is 5.32 Å². The molecule has 0 aliphatic carbocycles. The van der Waals surface area contributed by atoms with E-state index in [0.29, 0.717) is 6.04 Å². The van der Waals surface area contributed by atoms with Crippen molar-refractivity contribution >= 4 is 22.5 Å². The molecule has 1 atom stereocenters. The topological polar surface area (TPSA) is 41.0 Å². The quantitative estimate of drug-likeness (QED) is 0.794. The average Bonchev–Trinajstić information content (AvgIpc) is 2.63. The van der Waals surface area contributed by atoms with Gasteiger partial charge >= 0.3 is 0 Å². The number of nitrogens with zero attached hydrogens (tertiary/aromatic N) is 3. The number of nitrogens with one attached hydrogen (secondary N) is 1. The Balaban J connectivity index is 1.68. The van der Waals surface area contributed by atoms with E-state index in [1.807, 2.05) is 42.9 Å². The van der Waals surface area contributed by atoms with Gasteiger partial charge in [-0.05, 0) is 35.4 Å². The van der Waals surface area contributed by atoms with Gasteiger partial charge in [0.25, 0.3) is 0 Å². The predicted octanol–water partition coefficient (Wildman–Crippen LogP) is 3.43. The first-order valence-electron chi connectivity index (χ1n) is 8.19. The summed E-state index contributed by atoms with van der Waals surface area (Å²) in [6, 6.07) is 12.5. The zero-order valence-corrected chi connectivity index (χ0v) is 14.1. The van der Waals surface area contributed by atoms with Crippen molar-refractivity contribution in [2.45, 2.75) is 12.6 Å². The molecule has 3 heterocycles. The van der Waals surface area contributed by atoms with E-state index in [0.717, 1.165) is 42.1 Å². The Labute approximate surface area is 146 Å². The van der Waals surface area contributed by atoms with Crippen LogP contribution in [0.15, 0.2) is 55.0 Å². The summed E-state index contributed by atoms with van der Waals surface area (Å²) in [5, 5.41) is 5.34. The van der Waals surface area contributed by atoms with E-state index in [4.69, 9.17) is 11.6 Å². The molecule has 3 aromatic rings. The zero-order valence-electron chi connectivity index (χ0n) is 13.3. The summed E-state index contributed by atoms with van der Waals surface area (Å²) in [5.74, 6) is 0. The molecule has 1 aromatic carbocycles. The standard InChI is InChI=1S/C19H19ClN4/c20-17-9-14-3-2-6-23-19(14)16(10-17)13-24-8-7-22-12-18(24)15-4-1-5-21-11-15/h1-6,9-11,18,22H,7-8,12-13H2.